The summed E-state index contributed by atoms with van der Waals surface area (Å²) in [5.74, 6) is -0.559. The first-order valence-corrected chi connectivity index (χ1v) is 11.6. The highest BCUT2D eigenvalue weighted by molar-refractivity contribution is 6.52. The monoisotopic (exact) mass is 479 g/mol. The molecule has 0 fully saturated rings. The van der Waals surface area contributed by atoms with Crippen LogP contribution in [0.5, 0.6) is 0 Å². The van der Waals surface area contributed by atoms with Crippen LogP contribution >= 0.6 is 11.6 Å². The number of nitrogens with one attached hydrogen (secondary N) is 3. The van der Waals surface area contributed by atoms with Gasteiger partial charge < -0.3 is 10.6 Å². The van der Waals surface area contributed by atoms with E-state index in [1.165, 1.54) is 5.01 Å². The molecular weight excluding hydrogens is 450 g/mol. The van der Waals surface area contributed by atoms with Gasteiger partial charge in [-0.05, 0) is 57.4 Å². The molecule has 0 saturated heterocycles. The van der Waals surface area contributed by atoms with Crippen molar-refractivity contribution in [2.24, 2.45) is 5.10 Å². The number of anilines is 1. The maximum atomic E-state index is 12.7. The van der Waals surface area contributed by atoms with Gasteiger partial charge in [-0.15, -0.1) is 0 Å². The third-order valence-electron chi connectivity index (χ3n) is 5.54. The Hall–Kier alpha value is -3.45. The van der Waals surface area contributed by atoms with E-state index in [2.05, 4.69) is 15.7 Å². The molecule has 34 heavy (non-hydrogen) atoms. The Morgan fingerprint density at radius 1 is 1.12 bits per heavy atom. The van der Waals surface area contributed by atoms with Gasteiger partial charge in [0.15, 0.2) is 0 Å². The normalized spacial score (nSPS) is 15.2. The van der Waals surface area contributed by atoms with Gasteiger partial charge in [-0.25, -0.2) is 5.01 Å². The van der Waals surface area contributed by atoms with Gasteiger partial charge in [-0.3, -0.25) is 15.0 Å². The van der Waals surface area contributed by atoms with Gasteiger partial charge in [0.1, 0.15) is 5.71 Å². The van der Waals surface area contributed by atoms with Crippen LogP contribution in [0.2, 0.25) is 5.02 Å². The van der Waals surface area contributed by atoms with Crippen LogP contribution in [0, 0.1) is 12.3 Å². The molecule has 0 radical (unpaired) electrons. The van der Waals surface area contributed by atoms with Crippen LogP contribution in [0.1, 0.15) is 37.8 Å². The summed E-state index contributed by atoms with van der Waals surface area (Å²) in [7, 11) is 0. The number of aryl methyl sites for hydroxylation is 1. The molecule has 7 nitrogen and oxygen atoms in total. The highest BCUT2D eigenvalue weighted by atomic mass is 35.5. The minimum absolute atomic E-state index is 0.0917. The number of hydrogen-bond acceptors (Lipinski definition) is 5. The van der Waals surface area contributed by atoms with Crippen LogP contribution in [0.3, 0.4) is 0 Å². The molecule has 1 heterocycles. The Bertz CT molecular complexity index is 1140. The number of carbonyl (C=O) groups is 2. The van der Waals surface area contributed by atoms with Crippen LogP contribution in [0.25, 0.3) is 0 Å². The van der Waals surface area contributed by atoms with Crippen molar-refractivity contribution in [3.8, 4) is 0 Å². The molecule has 3 rings (SSSR count). The topological polar surface area (TPSA) is 97.7 Å². The van der Waals surface area contributed by atoms with E-state index in [1.54, 1.807) is 6.92 Å². The second-order valence-corrected chi connectivity index (χ2v) is 8.68. The lowest BCUT2D eigenvalue weighted by Gasteiger charge is -2.26. The van der Waals surface area contributed by atoms with Gasteiger partial charge in [-0.2, -0.15) is 5.10 Å². The SMILES string of the molecule is CC1=NN(CCCC(=O)NCCc2ccccc2Cl)C(=O)C(=N)/C1=C(/C)Nc1ccc(C)cc1. The Labute approximate surface area is 205 Å². The van der Waals surface area contributed by atoms with Gasteiger partial charge in [-0.1, -0.05) is 47.5 Å². The van der Waals surface area contributed by atoms with Crippen LogP contribution in [0.4, 0.5) is 5.69 Å². The number of benzene rings is 2. The minimum atomic E-state index is -0.468. The lowest BCUT2D eigenvalue weighted by atomic mass is 10.0. The number of nitrogens with zero attached hydrogens (tertiary/aromatic N) is 2. The lowest BCUT2D eigenvalue weighted by Crippen LogP contribution is -2.41. The van der Waals surface area contributed by atoms with Crippen molar-refractivity contribution < 1.29 is 9.59 Å². The molecule has 0 unspecified atom stereocenters. The molecule has 2 aromatic rings. The highest BCUT2D eigenvalue weighted by Crippen LogP contribution is 2.20. The van der Waals surface area contributed by atoms with Crippen molar-refractivity contribution >= 4 is 40.5 Å². The molecule has 0 bridgehead atoms. The van der Waals surface area contributed by atoms with Crippen LogP contribution in [-0.4, -0.2) is 41.3 Å². The van der Waals surface area contributed by atoms with Crippen molar-refractivity contribution in [2.75, 3.05) is 18.4 Å². The van der Waals surface area contributed by atoms with E-state index in [0.717, 1.165) is 16.8 Å². The molecule has 2 amide bonds. The third kappa shape index (κ3) is 6.54. The summed E-state index contributed by atoms with van der Waals surface area (Å²) >= 11 is 6.14. The number of allylic oxidation sites excluding steroid dienone is 1. The van der Waals surface area contributed by atoms with Crippen LogP contribution < -0.4 is 10.6 Å². The average Bonchev–Trinajstić information content (AvgIpc) is 2.80. The fourth-order valence-electron chi connectivity index (χ4n) is 3.74. The van der Waals surface area contributed by atoms with E-state index in [-0.39, 0.29) is 24.6 Å². The summed E-state index contributed by atoms with van der Waals surface area (Å²) in [4.78, 5) is 24.9. The van der Waals surface area contributed by atoms with Gasteiger partial charge >= 0.3 is 0 Å². The minimum Gasteiger partial charge on any atom is -0.359 e. The highest BCUT2D eigenvalue weighted by Gasteiger charge is 2.29. The number of amides is 2. The zero-order valence-electron chi connectivity index (χ0n) is 19.7. The van der Waals surface area contributed by atoms with E-state index in [0.29, 0.717) is 41.4 Å². The van der Waals surface area contributed by atoms with Crippen LogP contribution in [0.15, 0.2) is 64.9 Å². The average molecular weight is 480 g/mol. The molecule has 0 aliphatic carbocycles. The summed E-state index contributed by atoms with van der Waals surface area (Å²) in [5.41, 5.74) is 4.70. The Morgan fingerprint density at radius 2 is 1.82 bits per heavy atom. The van der Waals surface area contributed by atoms with Crippen molar-refractivity contribution in [3.63, 3.8) is 0 Å². The maximum absolute atomic E-state index is 12.7. The maximum Gasteiger partial charge on any atom is 0.292 e. The summed E-state index contributed by atoms with van der Waals surface area (Å²) < 4.78 is 0. The first-order valence-electron chi connectivity index (χ1n) is 11.3. The Kier molecular flexibility index (Phi) is 8.60. The second kappa shape index (κ2) is 11.6. The first-order chi connectivity index (χ1) is 16.3. The van der Waals surface area contributed by atoms with E-state index in [1.807, 2.05) is 62.4 Å². The molecule has 0 atom stereocenters. The van der Waals surface area contributed by atoms with Crippen molar-refractivity contribution in [1.82, 2.24) is 10.3 Å². The molecule has 1 aliphatic rings. The van der Waals surface area contributed by atoms with Gasteiger partial charge in [0.05, 0.1) is 5.71 Å². The number of halogens is 1. The molecule has 178 valence electrons. The van der Waals surface area contributed by atoms with E-state index in [4.69, 9.17) is 17.0 Å². The smallest absolute Gasteiger partial charge is 0.292 e. The van der Waals surface area contributed by atoms with Gasteiger partial charge in [0, 0.05) is 41.5 Å². The van der Waals surface area contributed by atoms with Crippen LogP contribution in [-0.2, 0) is 16.0 Å². The molecule has 1 aliphatic heterocycles. The summed E-state index contributed by atoms with van der Waals surface area (Å²) in [6.45, 7) is 6.40. The molecular formula is C26H30ClN5O2. The number of hydrazone groups is 1. The molecule has 0 saturated carbocycles. The fourth-order valence-corrected chi connectivity index (χ4v) is 3.97. The number of hydrogen-bond donors (Lipinski definition) is 3. The molecule has 2 aromatic carbocycles. The number of rotatable bonds is 9. The predicted molar refractivity (Wildman–Crippen MR) is 137 cm³/mol. The third-order valence-corrected chi connectivity index (χ3v) is 5.91. The number of carbonyl (C=O) groups excluding carboxylic acids is 2. The predicted octanol–water partition coefficient (Wildman–Crippen LogP) is 4.71. The zero-order valence-corrected chi connectivity index (χ0v) is 20.5. The van der Waals surface area contributed by atoms with Crippen molar-refractivity contribution in [1.29, 1.82) is 5.41 Å². The molecule has 0 aromatic heterocycles. The summed E-state index contributed by atoms with van der Waals surface area (Å²) in [5, 5.41) is 20.9. The van der Waals surface area contributed by atoms with Crippen molar-refractivity contribution in [2.45, 2.75) is 40.0 Å². The molecule has 0 spiro atoms. The lowest BCUT2D eigenvalue weighted by molar-refractivity contribution is -0.125. The van der Waals surface area contributed by atoms with Crippen molar-refractivity contribution in [3.05, 3.63) is 76.0 Å². The zero-order chi connectivity index (χ0) is 24.7. The quantitative estimate of drug-likeness (QED) is 0.485. The summed E-state index contributed by atoms with van der Waals surface area (Å²) in [6, 6.07) is 15.4. The standard InChI is InChI=1S/C26H30ClN5O2/c1-17-10-12-21(13-11-17)30-18(2)24-19(3)31-32(26(34)25(24)28)16-6-9-23(33)29-15-14-20-7-4-5-8-22(20)27/h4-5,7-8,10-13,28,30H,6,9,14-16H2,1-3H3,(H,29,33)/b24-18-,28-25?. The Balaban J connectivity index is 1.52. The van der Waals surface area contributed by atoms with E-state index < -0.39 is 5.91 Å². The van der Waals surface area contributed by atoms with Gasteiger partial charge in [0.25, 0.3) is 5.91 Å². The summed E-state index contributed by atoms with van der Waals surface area (Å²) in [6.07, 6.45) is 1.38. The second-order valence-electron chi connectivity index (χ2n) is 8.27. The largest absolute Gasteiger partial charge is 0.359 e. The molecule has 3 N–H and O–H groups in total. The van der Waals surface area contributed by atoms with Gasteiger partial charge in [0.2, 0.25) is 5.91 Å². The molecule has 8 heteroatoms. The van der Waals surface area contributed by atoms with E-state index >= 15 is 0 Å². The first kappa shape index (κ1) is 25.2. The Morgan fingerprint density at radius 3 is 2.53 bits per heavy atom. The van der Waals surface area contributed by atoms with E-state index in [9.17, 15) is 9.59 Å². The fraction of sp³-hybridized carbons (Fsp3) is 0.308.